The van der Waals surface area contributed by atoms with Gasteiger partial charge in [-0.05, 0) is 61.6 Å². The zero-order valence-corrected chi connectivity index (χ0v) is 14.8. The van der Waals surface area contributed by atoms with E-state index >= 15 is 0 Å². The molecule has 0 unspecified atom stereocenters. The van der Waals surface area contributed by atoms with E-state index < -0.39 is 0 Å². The van der Waals surface area contributed by atoms with Crippen LogP contribution >= 0.6 is 0 Å². The van der Waals surface area contributed by atoms with Gasteiger partial charge in [0.15, 0.2) is 0 Å². The van der Waals surface area contributed by atoms with Crippen molar-refractivity contribution >= 4 is 5.91 Å². The van der Waals surface area contributed by atoms with E-state index in [2.05, 4.69) is 26.9 Å². The number of rotatable bonds is 3. The zero-order valence-electron chi connectivity index (χ0n) is 14.8. The molecule has 4 nitrogen and oxygen atoms in total. The van der Waals surface area contributed by atoms with E-state index in [1.165, 1.54) is 12.0 Å². The maximum atomic E-state index is 12.8. The molecule has 3 heterocycles. The Hall–Kier alpha value is -2.20. The molecule has 2 fully saturated rings. The van der Waals surface area contributed by atoms with Gasteiger partial charge in [0.1, 0.15) is 0 Å². The van der Waals surface area contributed by atoms with E-state index in [9.17, 15) is 4.79 Å². The molecule has 1 aromatic heterocycles. The fourth-order valence-electron chi connectivity index (χ4n) is 4.26. The SMILES string of the molecule is Cc1cccc(C(=O)N2C[C@H]3CN(Cc4ccncc4)CC[C@H]3C2)c1. The molecule has 4 rings (SSSR count). The van der Waals surface area contributed by atoms with Crippen LogP contribution in [0.4, 0.5) is 0 Å². The Balaban J connectivity index is 1.39. The highest BCUT2D eigenvalue weighted by atomic mass is 16.2. The third-order valence-corrected chi connectivity index (χ3v) is 5.59. The second kappa shape index (κ2) is 6.96. The molecular weight excluding hydrogens is 310 g/mol. The van der Waals surface area contributed by atoms with Crippen molar-refractivity contribution in [3.63, 3.8) is 0 Å². The topological polar surface area (TPSA) is 36.4 Å². The van der Waals surface area contributed by atoms with Crippen LogP contribution in [0.2, 0.25) is 0 Å². The van der Waals surface area contributed by atoms with Crippen molar-refractivity contribution in [3.05, 3.63) is 65.5 Å². The number of hydrogen-bond acceptors (Lipinski definition) is 3. The Bertz CT molecular complexity index is 746. The van der Waals surface area contributed by atoms with Crippen molar-refractivity contribution in [1.82, 2.24) is 14.8 Å². The van der Waals surface area contributed by atoms with Gasteiger partial charge < -0.3 is 4.90 Å². The summed E-state index contributed by atoms with van der Waals surface area (Å²) in [5, 5.41) is 0. The Kier molecular flexibility index (Phi) is 4.53. The summed E-state index contributed by atoms with van der Waals surface area (Å²) in [6, 6.07) is 12.1. The summed E-state index contributed by atoms with van der Waals surface area (Å²) in [4.78, 5) is 21.5. The molecule has 2 atom stereocenters. The van der Waals surface area contributed by atoms with Gasteiger partial charge in [-0.3, -0.25) is 14.7 Å². The number of likely N-dealkylation sites (tertiary alicyclic amines) is 2. The lowest BCUT2D eigenvalue weighted by molar-refractivity contribution is 0.0783. The molecule has 0 bridgehead atoms. The smallest absolute Gasteiger partial charge is 0.253 e. The monoisotopic (exact) mass is 335 g/mol. The zero-order chi connectivity index (χ0) is 17.2. The first-order chi connectivity index (χ1) is 12.2. The molecule has 2 aliphatic heterocycles. The van der Waals surface area contributed by atoms with E-state index in [-0.39, 0.29) is 5.91 Å². The summed E-state index contributed by atoms with van der Waals surface area (Å²) in [7, 11) is 0. The Morgan fingerprint density at radius 2 is 1.92 bits per heavy atom. The van der Waals surface area contributed by atoms with Crippen molar-refractivity contribution in [2.75, 3.05) is 26.2 Å². The van der Waals surface area contributed by atoms with Crippen molar-refractivity contribution in [3.8, 4) is 0 Å². The molecule has 4 heteroatoms. The molecule has 2 aliphatic rings. The molecule has 25 heavy (non-hydrogen) atoms. The van der Waals surface area contributed by atoms with Crippen LogP contribution in [0.5, 0.6) is 0 Å². The first kappa shape index (κ1) is 16.3. The molecule has 0 radical (unpaired) electrons. The van der Waals surface area contributed by atoms with Crippen molar-refractivity contribution in [2.24, 2.45) is 11.8 Å². The van der Waals surface area contributed by atoms with Crippen LogP contribution in [0.1, 0.15) is 27.9 Å². The maximum absolute atomic E-state index is 12.8. The lowest BCUT2D eigenvalue weighted by Gasteiger charge is -2.34. The number of nitrogens with zero attached hydrogens (tertiary/aromatic N) is 3. The predicted molar refractivity (Wildman–Crippen MR) is 98.2 cm³/mol. The highest BCUT2D eigenvalue weighted by Crippen LogP contribution is 2.32. The average Bonchev–Trinajstić information content (AvgIpc) is 3.05. The lowest BCUT2D eigenvalue weighted by Crippen LogP contribution is -2.39. The van der Waals surface area contributed by atoms with Gasteiger partial charge in [0.2, 0.25) is 0 Å². The van der Waals surface area contributed by atoms with E-state index in [0.717, 1.165) is 43.9 Å². The number of benzene rings is 1. The van der Waals surface area contributed by atoms with Crippen molar-refractivity contribution in [2.45, 2.75) is 19.9 Å². The number of hydrogen-bond donors (Lipinski definition) is 0. The number of aryl methyl sites for hydroxylation is 1. The molecule has 0 saturated carbocycles. The largest absolute Gasteiger partial charge is 0.338 e. The molecule has 0 aliphatic carbocycles. The normalized spacial score (nSPS) is 23.5. The van der Waals surface area contributed by atoms with Gasteiger partial charge in [-0.2, -0.15) is 0 Å². The third-order valence-electron chi connectivity index (χ3n) is 5.59. The second-order valence-corrected chi connectivity index (χ2v) is 7.48. The number of carbonyl (C=O) groups is 1. The van der Waals surface area contributed by atoms with Crippen LogP contribution < -0.4 is 0 Å². The number of aromatic nitrogens is 1. The molecule has 1 aromatic carbocycles. The van der Waals surface area contributed by atoms with Gasteiger partial charge in [0.25, 0.3) is 5.91 Å². The molecule has 0 N–H and O–H groups in total. The fourth-order valence-corrected chi connectivity index (χ4v) is 4.26. The van der Waals surface area contributed by atoms with E-state index in [1.807, 2.05) is 43.6 Å². The van der Waals surface area contributed by atoms with E-state index in [4.69, 9.17) is 0 Å². The number of fused-ring (bicyclic) bond motifs is 1. The molecule has 130 valence electrons. The quantitative estimate of drug-likeness (QED) is 0.865. The van der Waals surface area contributed by atoms with Gasteiger partial charge in [-0.25, -0.2) is 0 Å². The Morgan fingerprint density at radius 1 is 1.12 bits per heavy atom. The number of pyridine rings is 1. The minimum atomic E-state index is 0.193. The van der Waals surface area contributed by atoms with Gasteiger partial charge in [-0.15, -0.1) is 0 Å². The summed E-state index contributed by atoms with van der Waals surface area (Å²) < 4.78 is 0. The first-order valence-corrected chi connectivity index (χ1v) is 9.16. The van der Waals surface area contributed by atoms with Gasteiger partial charge >= 0.3 is 0 Å². The highest BCUT2D eigenvalue weighted by Gasteiger charge is 2.38. The van der Waals surface area contributed by atoms with Gasteiger partial charge in [-0.1, -0.05) is 17.7 Å². The van der Waals surface area contributed by atoms with E-state index in [1.54, 1.807) is 0 Å². The van der Waals surface area contributed by atoms with Crippen LogP contribution in [-0.4, -0.2) is 46.9 Å². The molecule has 2 aromatic rings. The fraction of sp³-hybridized carbons (Fsp3) is 0.429. The van der Waals surface area contributed by atoms with Crippen molar-refractivity contribution in [1.29, 1.82) is 0 Å². The molecule has 2 saturated heterocycles. The Labute approximate surface area is 149 Å². The summed E-state index contributed by atoms with van der Waals surface area (Å²) in [5.74, 6) is 1.45. The van der Waals surface area contributed by atoms with Gasteiger partial charge in [0, 0.05) is 44.1 Å². The third kappa shape index (κ3) is 3.59. The van der Waals surface area contributed by atoms with Crippen LogP contribution in [-0.2, 0) is 6.54 Å². The van der Waals surface area contributed by atoms with Crippen LogP contribution in [0, 0.1) is 18.8 Å². The lowest BCUT2D eigenvalue weighted by atomic mass is 9.88. The van der Waals surface area contributed by atoms with Crippen LogP contribution in [0.25, 0.3) is 0 Å². The first-order valence-electron chi connectivity index (χ1n) is 9.16. The van der Waals surface area contributed by atoms with Crippen molar-refractivity contribution < 1.29 is 4.79 Å². The number of amides is 1. The standard InChI is InChI=1S/C21H25N3O/c1-16-3-2-4-18(11-16)21(25)24-14-19-7-10-23(13-20(19)15-24)12-17-5-8-22-9-6-17/h2-6,8-9,11,19-20H,7,10,12-15H2,1H3/t19-,20+/m0/s1. The maximum Gasteiger partial charge on any atom is 0.253 e. The van der Waals surface area contributed by atoms with E-state index in [0.29, 0.717) is 11.8 Å². The molecule has 0 spiro atoms. The summed E-state index contributed by atoms with van der Waals surface area (Å²) >= 11 is 0. The average molecular weight is 335 g/mol. The number of piperidine rings is 1. The summed E-state index contributed by atoms with van der Waals surface area (Å²) in [5.41, 5.74) is 3.29. The number of carbonyl (C=O) groups excluding carboxylic acids is 1. The van der Waals surface area contributed by atoms with Gasteiger partial charge in [0.05, 0.1) is 0 Å². The minimum Gasteiger partial charge on any atom is -0.338 e. The van der Waals surface area contributed by atoms with Crippen LogP contribution in [0.3, 0.4) is 0 Å². The predicted octanol–water partition coefficient (Wildman–Crippen LogP) is 2.98. The highest BCUT2D eigenvalue weighted by molar-refractivity contribution is 5.94. The van der Waals surface area contributed by atoms with Crippen LogP contribution in [0.15, 0.2) is 48.8 Å². The molecular formula is C21H25N3O. The molecule has 1 amide bonds. The minimum absolute atomic E-state index is 0.193. The Morgan fingerprint density at radius 3 is 2.72 bits per heavy atom. The summed E-state index contributed by atoms with van der Waals surface area (Å²) in [6.07, 6.45) is 4.91. The summed E-state index contributed by atoms with van der Waals surface area (Å²) in [6.45, 7) is 7.04. The second-order valence-electron chi connectivity index (χ2n) is 7.48.